The maximum Gasteiger partial charge on any atom is 0.101 e. The van der Waals surface area contributed by atoms with Crippen molar-refractivity contribution >= 4 is 0 Å². The molecular formula is C20H34NO+. The predicted molar refractivity (Wildman–Crippen MR) is 92.7 cm³/mol. The Morgan fingerprint density at radius 2 is 1.95 bits per heavy atom. The van der Waals surface area contributed by atoms with Gasteiger partial charge in [0.1, 0.15) is 6.54 Å². The highest BCUT2D eigenvalue weighted by Crippen LogP contribution is 2.47. The molecule has 1 saturated heterocycles. The molecule has 1 aromatic carbocycles. The van der Waals surface area contributed by atoms with E-state index in [9.17, 15) is 0 Å². The molecule has 0 aliphatic carbocycles. The number of nitrogens with two attached hydrogens (primary N) is 1. The molecule has 0 amide bonds. The van der Waals surface area contributed by atoms with Gasteiger partial charge in [0.25, 0.3) is 0 Å². The summed E-state index contributed by atoms with van der Waals surface area (Å²) in [5.41, 5.74) is 1.96. The fourth-order valence-corrected chi connectivity index (χ4v) is 3.88. The second-order valence-corrected chi connectivity index (χ2v) is 7.61. The molecule has 1 heterocycles. The van der Waals surface area contributed by atoms with E-state index in [4.69, 9.17) is 4.74 Å². The third-order valence-corrected chi connectivity index (χ3v) is 5.82. The molecule has 22 heavy (non-hydrogen) atoms. The molecule has 1 aliphatic rings. The molecule has 2 nitrogen and oxygen atoms in total. The fraction of sp³-hybridized carbons (Fsp3) is 0.700. The topological polar surface area (TPSA) is 25.8 Å². The first-order valence-corrected chi connectivity index (χ1v) is 8.99. The van der Waals surface area contributed by atoms with Crippen LogP contribution in [-0.4, -0.2) is 18.8 Å². The Balaban J connectivity index is 1.89. The van der Waals surface area contributed by atoms with Crippen molar-refractivity contribution < 1.29 is 10.1 Å². The lowest BCUT2D eigenvalue weighted by atomic mass is 9.64. The highest BCUT2D eigenvalue weighted by molar-refractivity contribution is 5.12. The zero-order chi connectivity index (χ0) is 16.1. The van der Waals surface area contributed by atoms with E-state index in [1.807, 2.05) is 0 Å². The summed E-state index contributed by atoms with van der Waals surface area (Å²) in [4.78, 5) is 0. The van der Waals surface area contributed by atoms with E-state index in [-0.39, 0.29) is 5.60 Å². The van der Waals surface area contributed by atoms with Crippen LogP contribution in [-0.2, 0) is 11.3 Å². The van der Waals surface area contributed by atoms with E-state index >= 15 is 0 Å². The van der Waals surface area contributed by atoms with Crippen LogP contribution in [0.4, 0.5) is 0 Å². The van der Waals surface area contributed by atoms with Gasteiger partial charge in [0, 0.05) is 18.6 Å². The second-order valence-electron chi connectivity index (χ2n) is 7.61. The molecule has 124 valence electrons. The quantitative estimate of drug-likeness (QED) is 0.763. The summed E-state index contributed by atoms with van der Waals surface area (Å²) in [6.07, 6.45) is 4.86. The molecule has 0 radical (unpaired) electrons. The third kappa shape index (κ3) is 4.33. The van der Waals surface area contributed by atoms with Gasteiger partial charge in [0.2, 0.25) is 0 Å². The van der Waals surface area contributed by atoms with Crippen LogP contribution < -0.4 is 5.32 Å². The summed E-state index contributed by atoms with van der Waals surface area (Å²) in [7, 11) is 0. The zero-order valence-corrected chi connectivity index (χ0v) is 14.9. The number of hydrogen-bond donors (Lipinski definition) is 1. The Labute approximate surface area is 136 Å². The summed E-state index contributed by atoms with van der Waals surface area (Å²) in [6, 6.07) is 10.8. The summed E-state index contributed by atoms with van der Waals surface area (Å²) >= 11 is 0. The fourth-order valence-electron chi connectivity index (χ4n) is 3.88. The molecule has 2 heteroatoms. The van der Waals surface area contributed by atoms with E-state index in [1.165, 1.54) is 31.4 Å². The number of quaternary nitrogens is 1. The lowest BCUT2D eigenvalue weighted by molar-refractivity contribution is -0.672. The van der Waals surface area contributed by atoms with Crippen molar-refractivity contribution in [2.45, 2.75) is 65.5 Å². The summed E-state index contributed by atoms with van der Waals surface area (Å²) < 4.78 is 6.09. The van der Waals surface area contributed by atoms with Crippen molar-refractivity contribution in [2.24, 2.45) is 11.3 Å². The summed E-state index contributed by atoms with van der Waals surface area (Å²) in [5.74, 6) is 0.729. The van der Waals surface area contributed by atoms with E-state index in [2.05, 4.69) is 63.3 Å². The Bertz CT molecular complexity index is 444. The molecule has 0 spiro atoms. The highest BCUT2D eigenvalue weighted by atomic mass is 16.5. The SMILES string of the molecule is CC[C@]1(C)C[C@@](CC[NH2+]Cc2ccccc2)(C(C)C)CCO1. The van der Waals surface area contributed by atoms with Gasteiger partial charge in [0.05, 0.1) is 12.1 Å². The van der Waals surface area contributed by atoms with Crippen LogP contribution in [0.15, 0.2) is 30.3 Å². The minimum atomic E-state index is 0.0853. The van der Waals surface area contributed by atoms with Gasteiger partial charge in [0.15, 0.2) is 0 Å². The van der Waals surface area contributed by atoms with Gasteiger partial charge in [-0.15, -0.1) is 0 Å². The Kier molecular flexibility index (Phi) is 6.05. The van der Waals surface area contributed by atoms with Crippen molar-refractivity contribution in [3.63, 3.8) is 0 Å². The van der Waals surface area contributed by atoms with Crippen LogP contribution >= 0.6 is 0 Å². The van der Waals surface area contributed by atoms with Gasteiger partial charge < -0.3 is 10.1 Å². The lowest BCUT2D eigenvalue weighted by Crippen LogP contribution is -2.83. The third-order valence-electron chi connectivity index (χ3n) is 5.82. The van der Waals surface area contributed by atoms with Crippen molar-refractivity contribution in [1.29, 1.82) is 0 Å². The molecule has 0 aromatic heterocycles. The van der Waals surface area contributed by atoms with Crippen molar-refractivity contribution in [3.8, 4) is 0 Å². The molecule has 2 atom stereocenters. The Morgan fingerprint density at radius 1 is 1.23 bits per heavy atom. The van der Waals surface area contributed by atoms with Gasteiger partial charge in [-0.1, -0.05) is 51.1 Å². The van der Waals surface area contributed by atoms with Crippen molar-refractivity contribution in [2.75, 3.05) is 13.2 Å². The molecule has 2 rings (SSSR count). The number of hydrogen-bond acceptors (Lipinski definition) is 1. The molecule has 1 aliphatic heterocycles. The van der Waals surface area contributed by atoms with Gasteiger partial charge in [-0.25, -0.2) is 0 Å². The van der Waals surface area contributed by atoms with Crippen LogP contribution in [0.3, 0.4) is 0 Å². The first-order chi connectivity index (χ1) is 10.5. The van der Waals surface area contributed by atoms with E-state index < -0.39 is 0 Å². The highest BCUT2D eigenvalue weighted by Gasteiger charge is 2.44. The minimum absolute atomic E-state index is 0.0853. The van der Waals surface area contributed by atoms with Gasteiger partial charge in [-0.3, -0.25) is 0 Å². The van der Waals surface area contributed by atoms with Crippen LogP contribution in [0.5, 0.6) is 0 Å². The second kappa shape index (κ2) is 7.61. The average molecular weight is 304 g/mol. The molecule has 1 aromatic rings. The Hall–Kier alpha value is -0.860. The monoisotopic (exact) mass is 304 g/mol. The molecule has 1 fully saturated rings. The molecule has 2 N–H and O–H groups in total. The molecule has 0 unspecified atom stereocenters. The number of ether oxygens (including phenoxy) is 1. The first-order valence-electron chi connectivity index (χ1n) is 8.99. The first kappa shape index (κ1) is 17.5. The van der Waals surface area contributed by atoms with Gasteiger partial charge in [-0.2, -0.15) is 0 Å². The number of benzene rings is 1. The summed E-state index contributed by atoms with van der Waals surface area (Å²) in [6.45, 7) is 12.6. The average Bonchev–Trinajstić information content (AvgIpc) is 2.52. The van der Waals surface area contributed by atoms with Crippen LogP contribution in [0.25, 0.3) is 0 Å². The molecule has 0 saturated carbocycles. The van der Waals surface area contributed by atoms with Gasteiger partial charge in [-0.05, 0) is 37.5 Å². The largest absolute Gasteiger partial charge is 0.375 e. The van der Waals surface area contributed by atoms with E-state index in [1.54, 1.807) is 0 Å². The van der Waals surface area contributed by atoms with E-state index in [0.717, 1.165) is 25.5 Å². The van der Waals surface area contributed by atoms with Crippen molar-refractivity contribution in [3.05, 3.63) is 35.9 Å². The Morgan fingerprint density at radius 3 is 2.59 bits per heavy atom. The van der Waals surface area contributed by atoms with Crippen molar-refractivity contribution in [1.82, 2.24) is 0 Å². The summed E-state index contributed by atoms with van der Waals surface area (Å²) in [5, 5.41) is 2.47. The standard InChI is InChI=1S/C20H33NO/c1-5-19(4)16-20(17(2)3,12-14-22-19)11-13-21-15-18-9-7-6-8-10-18/h6-10,17,21H,5,11-16H2,1-4H3/p+1/t19-,20+/m1/s1. The van der Waals surface area contributed by atoms with E-state index in [0.29, 0.717) is 5.41 Å². The number of rotatable bonds is 7. The zero-order valence-electron chi connectivity index (χ0n) is 14.9. The molecular weight excluding hydrogens is 270 g/mol. The minimum Gasteiger partial charge on any atom is -0.375 e. The normalized spacial score (nSPS) is 29.0. The molecule has 0 bridgehead atoms. The lowest BCUT2D eigenvalue weighted by Gasteiger charge is -2.48. The van der Waals surface area contributed by atoms with Crippen LogP contribution in [0.1, 0.15) is 58.9 Å². The van der Waals surface area contributed by atoms with Crippen LogP contribution in [0, 0.1) is 11.3 Å². The van der Waals surface area contributed by atoms with Crippen LogP contribution in [0.2, 0.25) is 0 Å². The smallest absolute Gasteiger partial charge is 0.101 e. The maximum atomic E-state index is 6.09. The van der Waals surface area contributed by atoms with Gasteiger partial charge >= 0.3 is 0 Å². The predicted octanol–water partition coefficient (Wildman–Crippen LogP) is 3.76. The maximum absolute atomic E-state index is 6.09.